The van der Waals surface area contributed by atoms with Crippen LogP contribution in [0.2, 0.25) is 0 Å². The monoisotopic (exact) mass is 528 g/mol. The number of hydrogen-bond acceptors (Lipinski definition) is 4. The molecule has 0 aliphatic heterocycles. The van der Waals surface area contributed by atoms with Gasteiger partial charge in [-0.15, -0.1) is 11.3 Å². The van der Waals surface area contributed by atoms with Crippen molar-refractivity contribution in [3.05, 3.63) is 121 Å². The van der Waals surface area contributed by atoms with Gasteiger partial charge in [0.2, 0.25) is 0 Å². The van der Waals surface area contributed by atoms with Crippen LogP contribution in [0, 0.1) is 0 Å². The highest BCUT2D eigenvalue weighted by Crippen LogP contribution is 2.47. The molecule has 5 aromatic carbocycles. The van der Waals surface area contributed by atoms with Gasteiger partial charge >= 0.3 is 0 Å². The summed E-state index contributed by atoms with van der Waals surface area (Å²) in [4.78, 5) is 15.2. The first-order valence-electron chi connectivity index (χ1n) is 13.3. The molecule has 9 aromatic rings. The first-order valence-corrected chi connectivity index (χ1v) is 14.1. The summed E-state index contributed by atoms with van der Waals surface area (Å²) in [7, 11) is 0. The van der Waals surface area contributed by atoms with E-state index >= 15 is 0 Å². The Morgan fingerprint density at radius 3 is 2.08 bits per heavy atom. The zero-order valence-electron chi connectivity index (χ0n) is 21.2. The van der Waals surface area contributed by atoms with E-state index in [0.717, 1.165) is 38.8 Å². The van der Waals surface area contributed by atoms with E-state index in [2.05, 4.69) is 89.5 Å². The number of rotatable bonds is 2. The summed E-state index contributed by atoms with van der Waals surface area (Å²) in [5, 5.41) is 8.39. The Morgan fingerprint density at radius 1 is 0.550 bits per heavy atom. The van der Waals surface area contributed by atoms with Gasteiger partial charge in [-0.25, -0.2) is 15.0 Å². The van der Waals surface area contributed by atoms with Crippen molar-refractivity contribution in [1.29, 1.82) is 0 Å². The topological polar surface area (TPSA) is 43.6 Å². The zero-order valence-corrected chi connectivity index (χ0v) is 22.1. The normalized spacial score (nSPS) is 12.0. The molecule has 0 amide bonds. The van der Waals surface area contributed by atoms with Crippen LogP contribution in [0.1, 0.15) is 0 Å². The fourth-order valence-corrected chi connectivity index (χ4v) is 7.41. The second kappa shape index (κ2) is 8.18. The number of aromatic nitrogens is 4. The van der Waals surface area contributed by atoms with Crippen molar-refractivity contribution in [1.82, 2.24) is 19.5 Å². The number of hydrogen-bond donors (Lipinski definition) is 0. The van der Waals surface area contributed by atoms with Crippen molar-refractivity contribution in [3.63, 3.8) is 0 Å². The van der Waals surface area contributed by atoms with Crippen LogP contribution in [0.25, 0.3) is 81.0 Å². The van der Waals surface area contributed by atoms with Crippen LogP contribution >= 0.6 is 11.3 Å². The lowest BCUT2D eigenvalue weighted by Gasteiger charge is -2.13. The molecule has 4 aromatic heterocycles. The molecule has 9 rings (SSSR count). The van der Waals surface area contributed by atoms with E-state index in [0.29, 0.717) is 5.82 Å². The fourth-order valence-electron chi connectivity index (χ4n) is 6.15. The minimum Gasteiger partial charge on any atom is -0.276 e. The first kappa shape index (κ1) is 21.8. The maximum Gasteiger partial charge on any atom is 0.162 e. The second-order valence-electron chi connectivity index (χ2n) is 10.0. The van der Waals surface area contributed by atoms with E-state index in [1.165, 1.54) is 36.3 Å². The van der Waals surface area contributed by atoms with Crippen LogP contribution in [0.15, 0.2) is 121 Å². The summed E-state index contributed by atoms with van der Waals surface area (Å²) in [6.07, 6.45) is 1.88. The maximum atomic E-state index is 5.27. The number of fused-ring (bicyclic) bond motifs is 11. The van der Waals surface area contributed by atoms with Crippen LogP contribution in [-0.4, -0.2) is 19.5 Å². The molecule has 0 atom stereocenters. The largest absolute Gasteiger partial charge is 0.276 e. The third kappa shape index (κ3) is 2.92. The standard InChI is InChI=1S/C35H20N4S/c1-2-11-21(12-3-1)33-37-27-18-8-6-15-24(27)35(38-33)39-31-29(26-17-10-20-36-34(26)39)22-13-4-5-14-23(22)30-25-16-7-9-19-28(25)40-32(30)31/h1-20H. The second-order valence-corrected chi connectivity index (χ2v) is 11.1. The molecule has 0 N–H and O–H groups in total. The van der Waals surface area contributed by atoms with Crippen molar-refractivity contribution in [3.8, 4) is 17.2 Å². The van der Waals surface area contributed by atoms with Gasteiger partial charge in [-0.3, -0.25) is 4.57 Å². The van der Waals surface area contributed by atoms with E-state index in [4.69, 9.17) is 15.0 Å². The van der Waals surface area contributed by atoms with Crippen LogP contribution in [0.3, 0.4) is 0 Å². The number of thiophene rings is 1. The fraction of sp³-hybridized carbons (Fsp3) is 0. The van der Waals surface area contributed by atoms with Crippen molar-refractivity contribution in [2.24, 2.45) is 0 Å². The van der Waals surface area contributed by atoms with Gasteiger partial charge in [0, 0.05) is 43.4 Å². The molecular formula is C35H20N4S. The molecule has 0 bridgehead atoms. The molecule has 0 spiro atoms. The summed E-state index contributed by atoms with van der Waals surface area (Å²) >= 11 is 1.84. The van der Waals surface area contributed by atoms with Crippen molar-refractivity contribution in [2.45, 2.75) is 0 Å². The Kier molecular flexibility index (Phi) is 4.45. The van der Waals surface area contributed by atoms with E-state index < -0.39 is 0 Å². The van der Waals surface area contributed by atoms with Gasteiger partial charge in [-0.2, -0.15) is 0 Å². The number of pyridine rings is 1. The molecule has 5 heteroatoms. The summed E-state index contributed by atoms with van der Waals surface area (Å²) in [5.74, 6) is 1.55. The maximum absolute atomic E-state index is 5.27. The van der Waals surface area contributed by atoms with Gasteiger partial charge in [0.1, 0.15) is 5.65 Å². The highest BCUT2D eigenvalue weighted by Gasteiger charge is 2.24. The molecule has 4 heterocycles. The molecule has 4 nitrogen and oxygen atoms in total. The average molecular weight is 529 g/mol. The number of para-hydroxylation sites is 1. The smallest absolute Gasteiger partial charge is 0.162 e. The van der Waals surface area contributed by atoms with Gasteiger partial charge in [-0.05, 0) is 41.1 Å². The third-order valence-electron chi connectivity index (χ3n) is 7.83. The quantitative estimate of drug-likeness (QED) is 0.225. The van der Waals surface area contributed by atoms with Crippen LogP contribution < -0.4 is 0 Å². The lowest BCUT2D eigenvalue weighted by atomic mass is 9.99. The summed E-state index contributed by atoms with van der Waals surface area (Å²) in [6.45, 7) is 0. The molecule has 0 aliphatic rings. The predicted octanol–water partition coefficient (Wildman–Crippen LogP) is 9.31. The molecule has 0 saturated heterocycles. The minimum absolute atomic E-state index is 0.702. The van der Waals surface area contributed by atoms with Gasteiger partial charge in [0.15, 0.2) is 11.6 Å². The number of nitrogens with zero attached hydrogens (tertiary/aromatic N) is 4. The van der Waals surface area contributed by atoms with E-state index in [1.807, 2.05) is 47.9 Å². The van der Waals surface area contributed by atoms with Crippen molar-refractivity contribution < 1.29 is 0 Å². The Morgan fingerprint density at radius 2 is 1.23 bits per heavy atom. The third-order valence-corrected chi connectivity index (χ3v) is 9.01. The zero-order chi connectivity index (χ0) is 26.2. The van der Waals surface area contributed by atoms with Gasteiger partial charge in [0.05, 0.1) is 15.7 Å². The highest BCUT2D eigenvalue weighted by molar-refractivity contribution is 7.27. The summed E-state index contributed by atoms with van der Waals surface area (Å²) in [5.41, 5.74) is 3.94. The van der Waals surface area contributed by atoms with Gasteiger partial charge in [-0.1, -0.05) is 84.9 Å². The lowest BCUT2D eigenvalue weighted by molar-refractivity contribution is 1.06. The SMILES string of the molecule is c1ccc(-c2nc(-n3c4ncccc4c4c5ccccc5c5c6ccccc6sc5c43)c3ccccc3n2)cc1. The first-order chi connectivity index (χ1) is 19.9. The Balaban J connectivity index is 1.57. The van der Waals surface area contributed by atoms with E-state index in [-0.39, 0.29) is 0 Å². The molecule has 0 radical (unpaired) electrons. The summed E-state index contributed by atoms with van der Waals surface area (Å²) in [6, 6.07) is 40.2. The Labute approximate surface area is 232 Å². The molecule has 40 heavy (non-hydrogen) atoms. The molecule has 186 valence electrons. The minimum atomic E-state index is 0.702. The number of benzene rings is 5. The highest BCUT2D eigenvalue weighted by atomic mass is 32.1. The molecule has 0 aliphatic carbocycles. The van der Waals surface area contributed by atoms with Crippen molar-refractivity contribution >= 4 is 75.1 Å². The van der Waals surface area contributed by atoms with Gasteiger partial charge in [0.25, 0.3) is 0 Å². The van der Waals surface area contributed by atoms with E-state index in [1.54, 1.807) is 0 Å². The summed E-state index contributed by atoms with van der Waals surface area (Å²) < 4.78 is 4.81. The van der Waals surface area contributed by atoms with Crippen LogP contribution in [0.5, 0.6) is 0 Å². The predicted molar refractivity (Wildman–Crippen MR) is 168 cm³/mol. The average Bonchev–Trinajstić information content (AvgIpc) is 3.58. The molecule has 0 fully saturated rings. The van der Waals surface area contributed by atoms with Crippen LogP contribution in [0.4, 0.5) is 0 Å². The molecular weight excluding hydrogens is 508 g/mol. The molecule has 0 unspecified atom stereocenters. The Bertz CT molecular complexity index is 2440. The lowest BCUT2D eigenvalue weighted by Crippen LogP contribution is -2.03. The Hall–Kier alpha value is -5.13. The van der Waals surface area contributed by atoms with Gasteiger partial charge < -0.3 is 0 Å². The van der Waals surface area contributed by atoms with Crippen molar-refractivity contribution in [2.75, 3.05) is 0 Å². The van der Waals surface area contributed by atoms with Crippen LogP contribution in [-0.2, 0) is 0 Å². The molecule has 0 saturated carbocycles. The van der Waals surface area contributed by atoms with E-state index in [9.17, 15) is 0 Å².